The molecule has 91 valence electrons. The van der Waals surface area contributed by atoms with Crippen molar-refractivity contribution in [2.24, 2.45) is 5.16 Å². The van der Waals surface area contributed by atoms with Gasteiger partial charge in [0.2, 0.25) is 0 Å². The first-order valence-corrected chi connectivity index (χ1v) is 5.71. The molecule has 2 rings (SSSR count). The SMILES string of the molecule is Fc1ccccc1CO/N=[C]\c1ccccc1Cl. The van der Waals surface area contributed by atoms with Crippen molar-refractivity contribution in [1.82, 2.24) is 0 Å². The van der Waals surface area contributed by atoms with Gasteiger partial charge in [0.15, 0.2) is 0 Å². The Morgan fingerprint density at radius 3 is 2.61 bits per heavy atom. The second-order valence-corrected chi connectivity index (χ2v) is 3.95. The molecule has 2 aromatic carbocycles. The highest BCUT2D eigenvalue weighted by Gasteiger charge is 2.00. The molecular formula is C14H10ClFNO. The standard InChI is InChI=1S/C14H10ClFNO/c15-13-7-3-1-5-11(13)9-17-18-10-12-6-2-4-8-14(12)16/h1-8H,10H2. The maximum absolute atomic E-state index is 13.2. The van der Waals surface area contributed by atoms with Crippen LogP contribution in [-0.4, -0.2) is 6.21 Å². The first kappa shape index (κ1) is 12.6. The first-order chi connectivity index (χ1) is 8.77. The lowest BCUT2D eigenvalue weighted by Crippen LogP contribution is -1.92. The van der Waals surface area contributed by atoms with Crippen molar-refractivity contribution in [2.45, 2.75) is 6.61 Å². The van der Waals surface area contributed by atoms with Crippen LogP contribution in [0.4, 0.5) is 4.39 Å². The van der Waals surface area contributed by atoms with E-state index >= 15 is 0 Å². The number of halogens is 2. The third-order valence-corrected chi connectivity index (χ3v) is 2.61. The molecule has 0 aromatic heterocycles. The van der Waals surface area contributed by atoms with Gasteiger partial charge in [-0.05, 0) is 12.1 Å². The average molecular weight is 263 g/mol. The van der Waals surface area contributed by atoms with E-state index < -0.39 is 0 Å². The Bertz CT molecular complexity index is 557. The summed E-state index contributed by atoms with van der Waals surface area (Å²) in [7, 11) is 0. The van der Waals surface area contributed by atoms with Gasteiger partial charge in [0.25, 0.3) is 0 Å². The van der Waals surface area contributed by atoms with Crippen molar-refractivity contribution in [1.29, 1.82) is 0 Å². The van der Waals surface area contributed by atoms with Crippen LogP contribution in [0.3, 0.4) is 0 Å². The topological polar surface area (TPSA) is 21.6 Å². The molecule has 2 aromatic rings. The van der Waals surface area contributed by atoms with Gasteiger partial charge in [-0.3, -0.25) is 0 Å². The predicted molar refractivity (Wildman–Crippen MR) is 69.2 cm³/mol. The third-order valence-electron chi connectivity index (χ3n) is 2.28. The summed E-state index contributed by atoms with van der Waals surface area (Å²) in [6.07, 6.45) is 2.65. The van der Waals surface area contributed by atoms with Crippen LogP contribution in [0.2, 0.25) is 5.02 Å². The third kappa shape index (κ3) is 3.31. The van der Waals surface area contributed by atoms with E-state index in [4.69, 9.17) is 16.4 Å². The van der Waals surface area contributed by atoms with Gasteiger partial charge in [0, 0.05) is 11.1 Å². The number of hydrogen-bond donors (Lipinski definition) is 0. The van der Waals surface area contributed by atoms with Crippen molar-refractivity contribution in [3.8, 4) is 0 Å². The quantitative estimate of drug-likeness (QED) is 0.605. The molecule has 0 atom stereocenters. The molecule has 0 saturated carbocycles. The van der Waals surface area contributed by atoms with Crippen LogP contribution < -0.4 is 0 Å². The van der Waals surface area contributed by atoms with Gasteiger partial charge in [0.05, 0.1) is 5.02 Å². The van der Waals surface area contributed by atoms with Crippen LogP contribution in [0.15, 0.2) is 53.7 Å². The number of benzene rings is 2. The van der Waals surface area contributed by atoms with Crippen LogP contribution in [0.1, 0.15) is 11.1 Å². The van der Waals surface area contributed by atoms with Gasteiger partial charge >= 0.3 is 0 Å². The first-order valence-electron chi connectivity index (χ1n) is 5.33. The lowest BCUT2D eigenvalue weighted by atomic mass is 10.2. The fourth-order valence-electron chi connectivity index (χ4n) is 1.35. The molecule has 0 aliphatic heterocycles. The van der Waals surface area contributed by atoms with E-state index in [2.05, 4.69) is 11.4 Å². The molecule has 0 aliphatic carbocycles. The van der Waals surface area contributed by atoms with E-state index in [9.17, 15) is 4.39 Å². The minimum Gasteiger partial charge on any atom is -0.390 e. The highest BCUT2D eigenvalue weighted by atomic mass is 35.5. The van der Waals surface area contributed by atoms with E-state index in [0.717, 1.165) is 0 Å². The zero-order valence-corrected chi connectivity index (χ0v) is 10.2. The molecule has 0 unspecified atom stereocenters. The monoisotopic (exact) mass is 262 g/mol. The Balaban J connectivity index is 1.93. The van der Waals surface area contributed by atoms with Crippen molar-refractivity contribution in [2.75, 3.05) is 0 Å². The van der Waals surface area contributed by atoms with Gasteiger partial charge in [-0.2, -0.15) is 0 Å². The number of hydrogen-bond acceptors (Lipinski definition) is 2. The van der Waals surface area contributed by atoms with Crippen LogP contribution in [0, 0.1) is 5.82 Å². The molecule has 0 bridgehead atoms. The molecule has 4 heteroatoms. The average Bonchev–Trinajstić information content (AvgIpc) is 2.38. The van der Waals surface area contributed by atoms with Crippen molar-refractivity contribution < 1.29 is 9.23 Å². The summed E-state index contributed by atoms with van der Waals surface area (Å²) in [6, 6.07) is 13.5. The zero-order valence-electron chi connectivity index (χ0n) is 9.44. The van der Waals surface area contributed by atoms with Gasteiger partial charge < -0.3 is 4.84 Å². The zero-order chi connectivity index (χ0) is 12.8. The predicted octanol–water partition coefficient (Wildman–Crippen LogP) is 3.91. The van der Waals surface area contributed by atoms with Crippen molar-refractivity contribution >= 4 is 17.8 Å². The maximum Gasteiger partial charge on any atom is 0.145 e. The molecular weight excluding hydrogens is 253 g/mol. The Kier molecular flexibility index (Phi) is 4.31. The van der Waals surface area contributed by atoms with E-state index in [-0.39, 0.29) is 12.4 Å². The molecule has 2 nitrogen and oxygen atoms in total. The van der Waals surface area contributed by atoms with E-state index in [0.29, 0.717) is 16.1 Å². The molecule has 1 radical (unpaired) electrons. The molecule has 0 fully saturated rings. The summed E-state index contributed by atoms with van der Waals surface area (Å²) in [6.45, 7) is 0.0596. The lowest BCUT2D eigenvalue weighted by molar-refractivity contribution is 0.129. The minimum atomic E-state index is -0.314. The van der Waals surface area contributed by atoms with Gasteiger partial charge in [-0.15, -0.1) is 0 Å². The molecule has 0 spiro atoms. The lowest BCUT2D eigenvalue weighted by Gasteiger charge is -2.00. The molecule has 0 saturated heterocycles. The normalized spacial score (nSPS) is 10.8. The Labute approximate surface area is 110 Å². The molecule has 0 amide bonds. The highest BCUT2D eigenvalue weighted by molar-refractivity contribution is 6.33. The van der Waals surface area contributed by atoms with Gasteiger partial charge in [-0.1, -0.05) is 53.2 Å². The Hall–Kier alpha value is -1.87. The second kappa shape index (κ2) is 6.17. The molecule has 18 heavy (non-hydrogen) atoms. The van der Waals surface area contributed by atoms with E-state index in [1.807, 2.05) is 12.1 Å². The Morgan fingerprint density at radius 1 is 1.11 bits per heavy atom. The molecule has 0 aliphatic rings. The van der Waals surface area contributed by atoms with Gasteiger partial charge in [-0.25, -0.2) is 4.39 Å². The van der Waals surface area contributed by atoms with Crippen molar-refractivity contribution in [3.63, 3.8) is 0 Å². The van der Waals surface area contributed by atoms with Crippen molar-refractivity contribution in [3.05, 3.63) is 70.5 Å². The summed E-state index contributed by atoms with van der Waals surface area (Å²) < 4.78 is 13.2. The summed E-state index contributed by atoms with van der Waals surface area (Å²) >= 11 is 5.91. The molecule has 0 N–H and O–H groups in total. The maximum atomic E-state index is 13.2. The van der Waals surface area contributed by atoms with Gasteiger partial charge in [0.1, 0.15) is 18.6 Å². The summed E-state index contributed by atoms with van der Waals surface area (Å²) in [5.74, 6) is -0.314. The van der Waals surface area contributed by atoms with E-state index in [1.165, 1.54) is 6.07 Å². The van der Waals surface area contributed by atoms with E-state index in [1.54, 1.807) is 30.3 Å². The number of rotatable bonds is 4. The minimum absolute atomic E-state index is 0.0596. The largest absolute Gasteiger partial charge is 0.390 e. The summed E-state index contributed by atoms with van der Waals surface area (Å²) in [4.78, 5) is 4.97. The van der Waals surface area contributed by atoms with Crippen LogP contribution in [-0.2, 0) is 11.4 Å². The summed E-state index contributed by atoms with van der Waals surface area (Å²) in [5.41, 5.74) is 1.08. The Morgan fingerprint density at radius 2 is 1.83 bits per heavy atom. The van der Waals surface area contributed by atoms with Crippen LogP contribution >= 0.6 is 11.6 Å². The highest BCUT2D eigenvalue weighted by Crippen LogP contribution is 2.12. The fourth-order valence-corrected chi connectivity index (χ4v) is 1.53. The molecule has 0 heterocycles. The van der Waals surface area contributed by atoms with Crippen LogP contribution in [0.5, 0.6) is 0 Å². The van der Waals surface area contributed by atoms with Crippen LogP contribution in [0.25, 0.3) is 0 Å². The number of nitrogens with zero attached hydrogens (tertiary/aromatic N) is 1. The second-order valence-electron chi connectivity index (χ2n) is 3.55. The summed E-state index contributed by atoms with van der Waals surface area (Å²) in [5, 5.41) is 4.18. The smallest absolute Gasteiger partial charge is 0.145 e. The fraction of sp³-hybridized carbons (Fsp3) is 0.0714.